The molecule has 0 rings (SSSR count). The Bertz CT molecular complexity index is 318. The van der Waals surface area contributed by atoms with E-state index in [2.05, 4.69) is 11.7 Å². The maximum absolute atomic E-state index is 11.6. The molecule has 0 spiro atoms. The van der Waals surface area contributed by atoms with Crippen LogP contribution in [0.4, 0.5) is 0 Å². The molecule has 7 heteroatoms. The number of esters is 2. The molecule has 7 nitrogen and oxygen atoms in total. The van der Waals surface area contributed by atoms with Gasteiger partial charge in [-0.25, -0.2) is 9.59 Å². The molecule has 0 heterocycles. The molecule has 124 valence electrons. The Hall–Kier alpha value is -1.02. The molecule has 0 aromatic rings. The van der Waals surface area contributed by atoms with Crippen molar-refractivity contribution in [1.82, 2.24) is 0 Å². The number of unbranched alkanes of at least 4 members (excludes halogenated alkanes) is 5. The second kappa shape index (κ2) is 10.7. The van der Waals surface area contributed by atoms with Crippen LogP contribution in [0.3, 0.4) is 0 Å². The molecule has 4 N–H and O–H groups in total. The fourth-order valence-electron chi connectivity index (χ4n) is 1.77. The Kier molecular flexibility index (Phi) is 10.2. The van der Waals surface area contributed by atoms with Crippen molar-refractivity contribution in [3.05, 3.63) is 0 Å². The predicted octanol–water partition coefficient (Wildman–Crippen LogP) is -0.117. The number of aliphatic hydroxyl groups excluding tert-OH is 3. The van der Waals surface area contributed by atoms with Crippen molar-refractivity contribution in [2.45, 2.75) is 63.6 Å². The average molecular weight is 306 g/mol. The zero-order valence-electron chi connectivity index (χ0n) is 12.5. The topological polar surface area (TPSA) is 124 Å². The first kappa shape index (κ1) is 20.0. The highest BCUT2D eigenvalue weighted by atomic mass is 16.6. The van der Waals surface area contributed by atoms with Gasteiger partial charge in [-0.15, -0.1) is 0 Å². The first-order chi connectivity index (χ1) is 9.91. The van der Waals surface area contributed by atoms with Crippen LogP contribution in [-0.4, -0.2) is 57.3 Å². The lowest BCUT2D eigenvalue weighted by Crippen LogP contribution is -2.46. The highest BCUT2D eigenvalue weighted by Crippen LogP contribution is 2.18. The van der Waals surface area contributed by atoms with Gasteiger partial charge in [0.15, 0.2) is 11.7 Å². The molecule has 0 bridgehead atoms. The zero-order valence-corrected chi connectivity index (χ0v) is 12.5. The second-order valence-electron chi connectivity index (χ2n) is 5.11. The maximum Gasteiger partial charge on any atom is 0.348 e. The first-order valence-electron chi connectivity index (χ1n) is 7.29. The number of ether oxygens (including phenoxy) is 1. The lowest BCUT2D eigenvalue weighted by molar-refractivity contribution is -0.183. The van der Waals surface area contributed by atoms with Gasteiger partial charge >= 0.3 is 11.9 Å². The van der Waals surface area contributed by atoms with E-state index in [4.69, 9.17) is 15.3 Å². The molecule has 21 heavy (non-hydrogen) atoms. The van der Waals surface area contributed by atoms with Gasteiger partial charge in [0.25, 0.3) is 0 Å². The third-order valence-electron chi connectivity index (χ3n) is 3.22. The van der Waals surface area contributed by atoms with Crippen molar-refractivity contribution in [3.63, 3.8) is 0 Å². The highest BCUT2D eigenvalue weighted by molar-refractivity contribution is 5.92. The van der Waals surface area contributed by atoms with Gasteiger partial charge in [0.2, 0.25) is 0 Å². The molecule has 0 aromatic heterocycles. The molecule has 0 radical (unpaired) electrons. The highest BCUT2D eigenvalue weighted by Gasteiger charge is 2.38. The quantitative estimate of drug-likeness (QED) is 0.238. The normalized spacial score (nSPS) is 15.3. The summed E-state index contributed by atoms with van der Waals surface area (Å²) in [6.45, 7) is 0.336. The van der Waals surface area contributed by atoms with Gasteiger partial charge in [-0.05, 0) is 12.8 Å². The van der Waals surface area contributed by atoms with E-state index < -0.39 is 36.9 Å². The summed E-state index contributed by atoms with van der Waals surface area (Å²) >= 11 is 0. The third-order valence-corrected chi connectivity index (χ3v) is 3.22. The van der Waals surface area contributed by atoms with Crippen LogP contribution < -0.4 is 0 Å². The molecule has 2 atom stereocenters. The minimum Gasteiger partial charge on any atom is -0.393 e. The summed E-state index contributed by atoms with van der Waals surface area (Å²) in [5.74, 6) is -2.66. The van der Waals surface area contributed by atoms with Crippen molar-refractivity contribution < 1.29 is 34.8 Å². The minimum absolute atomic E-state index is 0.0308. The van der Waals surface area contributed by atoms with Crippen LogP contribution in [0, 0.1) is 0 Å². The molecular formula is C14H26O7. The minimum atomic E-state index is -2.16. The van der Waals surface area contributed by atoms with Crippen LogP contribution >= 0.6 is 0 Å². The fraction of sp³-hybridized carbons (Fsp3) is 0.857. The van der Waals surface area contributed by atoms with Gasteiger partial charge in [0.05, 0.1) is 13.2 Å². The molecule has 0 amide bonds. The van der Waals surface area contributed by atoms with E-state index in [0.717, 1.165) is 32.1 Å². The lowest BCUT2D eigenvalue weighted by Gasteiger charge is -2.23. The van der Waals surface area contributed by atoms with Gasteiger partial charge in [-0.3, -0.25) is 0 Å². The van der Waals surface area contributed by atoms with E-state index in [1.807, 2.05) is 0 Å². The van der Waals surface area contributed by atoms with Crippen molar-refractivity contribution in [2.24, 2.45) is 0 Å². The van der Waals surface area contributed by atoms with E-state index in [-0.39, 0.29) is 6.42 Å². The molecule has 0 saturated heterocycles. The Morgan fingerprint density at radius 3 is 2.19 bits per heavy atom. The van der Waals surface area contributed by atoms with Crippen molar-refractivity contribution in [3.8, 4) is 0 Å². The summed E-state index contributed by atoms with van der Waals surface area (Å²) in [7, 11) is 0. The van der Waals surface area contributed by atoms with E-state index in [1.54, 1.807) is 0 Å². The monoisotopic (exact) mass is 306 g/mol. The number of aliphatic hydroxyl groups is 4. The van der Waals surface area contributed by atoms with Crippen LogP contribution in [0.15, 0.2) is 0 Å². The SMILES string of the molecule is CCCCCCCCC(O)(CO)C(=O)OC(=O)C(O)CO. The van der Waals surface area contributed by atoms with Gasteiger partial charge in [0, 0.05) is 0 Å². The molecular weight excluding hydrogens is 280 g/mol. The number of carbonyl (C=O) groups excluding carboxylic acids is 2. The number of rotatable bonds is 11. The van der Waals surface area contributed by atoms with E-state index >= 15 is 0 Å². The summed E-state index contributed by atoms with van der Waals surface area (Å²) in [5, 5.41) is 36.6. The molecule has 2 unspecified atom stereocenters. The number of hydrogen-bond acceptors (Lipinski definition) is 7. The Morgan fingerprint density at radius 1 is 1.10 bits per heavy atom. The summed E-state index contributed by atoms with van der Waals surface area (Å²) in [4.78, 5) is 22.8. The van der Waals surface area contributed by atoms with E-state index in [1.165, 1.54) is 0 Å². The van der Waals surface area contributed by atoms with Crippen LogP contribution in [-0.2, 0) is 14.3 Å². The molecule has 0 aliphatic rings. The molecule has 0 fully saturated rings. The zero-order chi connectivity index (χ0) is 16.3. The van der Waals surface area contributed by atoms with Crippen molar-refractivity contribution >= 4 is 11.9 Å². The van der Waals surface area contributed by atoms with Crippen LogP contribution in [0.2, 0.25) is 0 Å². The van der Waals surface area contributed by atoms with Crippen LogP contribution in [0.1, 0.15) is 51.9 Å². The molecule has 0 saturated carbocycles. The Labute approximate surface area is 124 Å². The molecule has 0 aromatic carbocycles. The smallest absolute Gasteiger partial charge is 0.348 e. The summed E-state index contributed by atoms with van der Waals surface area (Å²) in [5.41, 5.74) is -2.16. The van der Waals surface area contributed by atoms with Gasteiger partial charge in [-0.2, -0.15) is 0 Å². The second-order valence-corrected chi connectivity index (χ2v) is 5.11. The first-order valence-corrected chi connectivity index (χ1v) is 7.29. The number of hydrogen-bond donors (Lipinski definition) is 4. The molecule has 0 aliphatic carbocycles. The standard InChI is InChI=1S/C14H26O7/c1-2-3-4-5-6-7-8-14(20,10-16)13(19)21-12(18)11(17)9-15/h11,15-17,20H,2-10H2,1H3. The summed E-state index contributed by atoms with van der Waals surface area (Å²) in [6.07, 6.45) is 3.70. The van der Waals surface area contributed by atoms with Crippen LogP contribution in [0.5, 0.6) is 0 Å². The summed E-state index contributed by atoms with van der Waals surface area (Å²) < 4.78 is 4.26. The fourth-order valence-corrected chi connectivity index (χ4v) is 1.77. The van der Waals surface area contributed by atoms with Gasteiger partial charge < -0.3 is 25.2 Å². The number of carbonyl (C=O) groups is 2. The van der Waals surface area contributed by atoms with Gasteiger partial charge in [0.1, 0.15) is 0 Å². The largest absolute Gasteiger partial charge is 0.393 e. The van der Waals surface area contributed by atoms with Crippen LogP contribution in [0.25, 0.3) is 0 Å². The predicted molar refractivity (Wildman–Crippen MR) is 74.2 cm³/mol. The van der Waals surface area contributed by atoms with E-state index in [0.29, 0.717) is 6.42 Å². The van der Waals surface area contributed by atoms with Gasteiger partial charge in [-0.1, -0.05) is 39.0 Å². The third kappa shape index (κ3) is 7.52. The average Bonchev–Trinajstić information content (AvgIpc) is 2.49. The van der Waals surface area contributed by atoms with E-state index in [9.17, 15) is 14.7 Å². The van der Waals surface area contributed by atoms with Crippen molar-refractivity contribution in [1.29, 1.82) is 0 Å². The lowest BCUT2D eigenvalue weighted by atomic mass is 9.96. The Morgan fingerprint density at radius 2 is 1.67 bits per heavy atom. The Balaban J connectivity index is 4.24. The maximum atomic E-state index is 11.6. The summed E-state index contributed by atoms with van der Waals surface area (Å²) in [6, 6.07) is 0. The van der Waals surface area contributed by atoms with Crippen molar-refractivity contribution in [2.75, 3.05) is 13.2 Å². The molecule has 0 aliphatic heterocycles.